The molecule has 1 aromatic heterocycles. The zero-order valence-electron chi connectivity index (χ0n) is 16.9. The number of carbonyl (C=O) groups excluding carboxylic acids is 2. The molecule has 4 rings (SSSR count). The third-order valence-electron chi connectivity index (χ3n) is 6.19. The van der Waals surface area contributed by atoms with E-state index in [2.05, 4.69) is 9.88 Å². The maximum Gasteiger partial charge on any atom is 0.227 e. The second kappa shape index (κ2) is 8.17. The topological polar surface area (TPSA) is 66.0 Å². The van der Waals surface area contributed by atoms with Crippen molar-refractivity contribution in [2.24, 2.45) is 0 Å². The number of rotatable bonds is 5. The zero-order chi connectivity index (χ0) is 19.7. The highest BCUT2D eigenvalue weighted by atomic mass is 16.5. The van der Waals surface area contributed by atoms with E-state index in [1.165, 1.54) is 0 Å². The number of ether oxygens (including phenoxy) is 1. The first kappa shape index (κ1) is 19.3. The van der Waals surface area contributed by atoms with Crippen molar-refractivity contribution in [1.82, 2.24) is 19.7 Å². The van der Waals surface area contributed by atoms with Gasteiger partial charge in [-0.05, 0) is 38.0 Å². The van der Waals surface area contributed by atoms with Gasteiger partial charge in [0.05, 0.1) is 31.7 Å². The van der Waals surface area contributed by atoms with Crippen molar-refractivity contribution < 1.29 is 14.3 Å². The second-order valence-electron chi connectivity index (χ2n) is 8.19. The first-order valence-corrected chi connectivity index (χ1v) is 10.3. The number of aryl methyl sites for hydroxylation is 2. The molecular formula is C21H30N4O3. The van der Waals surface area contributed by atoms with Crippen LogP contribution in [0.3, 0.4) is 0 Å². The molecule has 3 saturated heterocycles. The normalized spacial score (nSPS) is 25.4. The largest absolute Gasteiger partial charge is 0.379 e. The minimum Gasteiger partial charge on any atom is -0.379 e. The van der Waals surface area contributed by atoms with E-state index < -0.39 is 0 Å². The van der Waals surface area contributed by atoms with Crippen LogP contribution in [0.25, 0.3) is 0 Å². The second-order valence-corrected chi connectivity index (χ2v) is 8.19. The summed E-state index contributed by atoms with van der Waals surface area (Å²) >= 11 is 0. The Morgan fingerprint density at radius 2 is 1.82 bits per heavy atom. The first-order valence-electron chi connectivity index (χ1n) is 10.3. The standard InChI is InChI=1S/C21H30N4O3/c1-15-11-17(12-16(2)22-15)13-20(26)24-4-3-18-19(24)14-21(27)25(18)6-5-23-7-9-28-10-8-23/h11-12,18-19H,3-10,13-14H2,1-2H3/t18-,19-/m0/s1. The molecule has 3 aliphatic rings. The molecule has 3 fully saturated rings. The maximum atomic E-state index is 13.0. The van der Waals surface area contributed by atoms with E-state index in [0.717, 1.165) is 69.3 Å². The predicted octanol–water partition coefficient (Wildman–Crippen LogP) is 0.775. The molecule has 0 aromatic carbocycles. The molecule has 1 aromatic rings. The lowest BCUT2D eigenvalue weighted by molar-refractivity contribution is -0.131. The van der Waals surface area contributed by atoms with Gasteiger partial charge in [-0.2, -0.15) is 0 Å². The van der Waals surface area contributed by atoms with Gasteiger partial charge in [0.25, 0.3) is 0 Å². The SMILES string of the molecule is Cc1cc(CC(=O)N2CC[C@H]3[C@@H]2CC(=O)N3CCN2CCOCC2)cc(C)n1. The highest BCUT2D eigenvalue weighted by Crippen LogP contribution is 2.32. The van der Waals surface area contributed by atoms with Gasteiger partial charge in [-0.15, -0.1) is 0 Å². The Bertz CT molecular complexity index is 727. The summed E-state index contributed by atoms with van der Waals surface area (Å²) in [6, 6.07) is 4.17. The number of hydrogen-bond acceptors (Lipinski definition) is 5. The number of likely N-dealkylation sites (tertiary alicyclic amines) is 2. The molecule has 2 amide bonds. The molecule has 28 heavy (non-hydrogen) atoms. The number of carbonyl (C=O) groups is 2. The van der Waals surface area contributed by atoms with Crippen LogP contribution in [0.15, 0.2) is 12.1 Å². The third kappa shape index (κ3) is 4.05. The van der Waals surface area contributed by atoms with Crippen molar-refractivity contribution in [3.63, 3.8) is 0 Å². The van der Waals surface area contributed by atoms with E-state index in [0.29, 0.717) is 12.8 Å². The Labute approximate surface area is 166 Å². The third-order valence-corrected chi connectivity index (χ3v) is 6.19. The predicted molar refractivity (Wildman–Crippen MR) is 105 cm³/mol. The molecule has 0 radical (unpaired) electrons. The smallest absolute Gasteiger partial charge is 0.227 e. The molecule has 0 bridgehead atoms. The highest BCUT2D eigenvalue weighted by Gasteiger charge is 2.47. The van der Waals surface area contributed by atoms with Crippen LogP contribution >= 0.6 is 0 Å². The van der Waals surface area contributed by atoms with Crippen molar-refractivity contribution in [3.8, 4) is 0 Å². The Kier molecular flexibility index (Phi) is 5.64. The molecule has 0 N–H and O–H groups in total. The molecule has 0 saturated carbocycles. The number of aromatic nitrogens is 1. The highest BCUT2D eigenvalue weighted by molar-refractivity contribution is 5.84. The number of hydrogen-bond donors (Lipinski definition) is 0. The van der Waals surface area contributed by atoms with E-state index in [4.69, 9.17) is 4.74 Å². The van der Waals surface area contributed by atoms with Crippen molar-refractivity contribution in [2.45, 2.75) is 45.2 Å². The summed E-state index contributed by atoms with van der Waals surface area (Å²) in [5, 5.41) is 0. The van der Waals surface area contributed by atoms with Gasteiger partial charge in [0.1, 0.15) is 0 Å². The summed E-state index contributed by atoms with van der Waals surface area (Å²) in [6.07, 6.45) is 1.74. The van der Waals surface area contributed by atoms with Gasteiger partial charge in [-0.25, -0.2) is 0 Å². The van der Waals surface area contributed by atoms with Crippen molar-refractivity contribution in [3.05, 3.63) is 29.1 Å². The average Bonchev–Trinajstić information content (AvgIpc) is 3.18. The number of fused-ring (bicyclic) bond motifs is 1. The molecular weight excluding hydrogens is 356 g/mol. The van der Waals surface area contributed by atoms with E-state index in [-0.39, 0.29) is 23.9 Å². The van der Waals surface area contributed by atoms with Gasteiger partial charge < -0.3 is 14.5 Å². The molecule has 7 nitrogen and oxygen atoms in total. The minimum absolute atomic E-state index is 0.0359. The molecule has 0 spiro atoms. The van der Waals surface area contributed by atoms with Gasteiger partial charge in [0.15, 0.2) is 0 Å². The molecule has 7 heteroatoms. The fourth-order valence-corrected chi connectivity index (χ4v) is 4.90. The Morgan fingerprint density at radius 1 is 1.11 bits per heavy atom. The lowest BCUT2D eigenvalue weighted by Gasteiger charge is -2.30. The van der Waals surface area contributed by atoms with Gasteiger partial charge >= 0.3 is 0 Å². The van der Waals surface area contributed by atoms with Crippen LogP contribution in [0.5, 0.6) is 0 Å². The quantitative estimate of drug-likeness (QED) is 0.748. The number of morpholine rings is 1. The molecule has 2 atom stereocenters. The number of amides is 2. The summed E-state index contributed by atoms with van der Waals surface area (Å²) in [7, 11) is 0. The zero-order valence-corrected chi connectivity index (χ0v) is 16.9. The van der Waals surface area contributed by atoms with Crippen molar-refractivity contribution in [2.75, 3.05) is 45.9 Å². The van der Waals surface area contributed by atoms with E-state index in [1.54, 1.807) is 0 Å². The van der Waals surface area contributed by atoms with Crippen LogP contribution in [0, 0.1) is 13.8 Å². The number of pyridine rings is 1. The molecule has 0 unspecified atom stereocenters. The Balaban J connectivity index is 1.36. The van der Waals surface area contributed by atoms with E-state index >= 15 is 0 Å². The minimum atomic E-state index is 0.0359. The maximum absolute atomic E-state index is 13.0. The van der Waals surface area contributed by atoms with Crippen LogP contribution in [0.1, 0.15) is 29.8 Å². The van der Waals surface area contributed by atoms with Gasteiger partial charge in [-0.1, -0.05) is 0 Å². The summed E-state index contributed by atoms with van der Waals surface area (Å²) < 4.78 is 5.40. The molecule has 3 aliphatic heterocycles. The molecule has 152 valence electrons. The fourth-order valence-electron chi connectivity index (χ4n) is 4.90. The van der Waals surface area contributed by atoms with Crippen LogP contribution < -0.4 is 0 Å². The monoisotopic (exact) mass is 386 g/mol. The van der Waals surface area contributed by atoms with Gasteiger partial charge in [0, 0.05) is 50.5 Å². The Morgan fingerprint density at radius 3 is 2.54 bits per heavy atom. The van der Waals surface area contributed by atoms with Crippen molar-refractivity contribution in [1.29, 1.82) is 0 Å². The summed E-state index contributed by atoms with van der Waals surface area (Å²) in [6.45, 7) is 9.72. The summed E-state index contributed by atoms with van der Waals surface area (Å²) in [5.74, 6) is 0.316. The van der Waals surface area contributed by atoms with Crippen LogP contribution in [0.2, 0.25) is 0 Å². The van der Waals surface area contributed by atoms with Crippen LogP contribution in [-0.4, -0.2) is 89.5 Å². The van der Waals surface area contributed by atoms with Crippen LogP contribution in [0.4, 0.5) is 0 Å². The average molecular weight is 386 g/mol. The first-order chi connectivity index (χ1) is 13.5. The lowest BCUT2D eigenvalue weighted by atomic mass is 10.1. The summed E-state index contributed by atoms with van der Waals surface area (Å²) in [5.41, 5.74) is 2.88. The van der Waals surface area contributed by atoms with Crippen molar-refractivity contribution >= 4 is 11.8 Å². The van der Waals surface area contributed by atoms with Crippen LogP contribution in [-0.2, 0) is 20.7 Å². The number of nitrogens with zero attached hydrogens (tertiary/aromatic N) is 4. The Hall–Kier alpha value is -1.99. The van der Waals surface area contributed by atoms with Gasteiger partial charge in [0.2, 0.25) is 11.8 Å². The summed E-state index contributed by atoms with van der Waals surface area (Å²) in [4.78, 5) is 36.3. The van der Waals surface area contributed by atoms with Gasteiger partial charge in [-0.3, -0.25) is 19.5 Å². The van der Waals surface area contributed by atoms with E-state index in [1.807, 2.05) is 35.8 Å². The fraction of sp³-hybridized carbons (Fsp3) is 0.667. The molecule has 0 aliphatic carbocycles. The van der Waals surface area contributed by atoms with E-state index in [9.17, 15) is 9.59 Å². The molecule has 4 heterocycles. The lowest BCUT2D eigenvalue weighted by Crippen LogP contribution is -2.45.